The average molecular weight is 440 g/mol. The van der Waals surface area contributed by atoms with E-state index in [1.54, 1.807) is 0 Å². The van der Waals surface area contributed by atoms with Crippen LogP contribution in [0.4, 0.5) is 4.79 Å². The Morgan fingerprint density at radius 3 is 2.22 bits per heavy atom. The molecule has 0 radical (unpaired) electrons. The number of carbonyl (C=O) groups excluding carboxylic acids is 2. The molecular weight excluding hydrogens is 412 g/mol. The first-order valence-electron chi connectivity index (χ1n) is 10.6. The second-order valence-electron chi connectivity index (χ2n) is 7.72. The second-order valence-corrected chi connectivity index (χ2v) is 7.72. The van der Waals surface area contributed by atoms with Crippen LogP contribution < -0.4 is 5.32 Å². The summed E-state index contributed by atoms with van der Waals surface area (Å²) in [6, 6.07) is 15.7. The van der Waals surface area contributed by atoms with Gasteiger partial charge >= 0.3 is 12.1 Å². The Morgan fingerprint density at radius 2 is 1.66 bits per heavy atom. The van der Waals surface area contributed by atoms with Gasteiger partial charge in [0.05, 0.1) is 0 Å². The highest BCUT2D eigenvalue weighted by atomic mass is 16.7. The Hall–Kier alpha value is -3.39. The van der Waals surface area contributed by atoms with Gasteiger partial charge in [0.2, 0.25) is 5.91 Å². The Bertz CT molecular complexity index is 931. The molecule has 3 rings (SSSR count). The number of fused-ring (bicyclic) bond motifs is 3. The molecule has 0 saturated heterocycles. The quantitative estimate of drug-likeness (QED) is 0.548. The van der Waals surface area contributed by atoms with E-state index in [1.165, 1.54) is 7.05 Å². The minimum atomic E-state index is -1.17. The molecule has 2 aromatic carbocycles. The van der Waals surface area contributed by atoms with Crippen LogP contribution in [0.2, 0.25) is 0 Å². The molecule has 170 valence electrons. The number of amides is 2. The Morgan fingerprint density at radius 1 is 1.06 bits per heavy atom. The molecule has 1 aliphatic carbocycles. The number of ether oxygens (including phenoxy) is 1. The topological polar surface area (TPSA) is 105 Å². The number of hydrogen-bond acceptors (Lipinski definition) is 5. The van der Waals surface area contributed by atoms with Crippen LogP contribution in [0.15, 0.2) is 48.5 Å². The van der Waals surface area contributed by atoms with Crippen molar-refractivity contribution in [3.8, 4) is 11.1 Å². The normalized spacial score (nSPS) is 13.1. The third-order valence-electron chi connectivity index (χ3n) is 5.46. The standard InChI is InChI=1S/C24H28N2O6/c1-3-8-16(13-22(27)26(2)32-15-23(28)29)25-24(30)31-14-21-19-11-6-4-9-17(19)18-10-5-7-12-20(18)21/h4-7,9-12,16,21H,3,8,13-15H2,1-2H3,(H,25,30)(H,28,29). The van der Waals surface area contributed by atoms with Crippen molar-refractivity contribution in [3.05, 3.63) is 59.7 Å². The van der Waals surface area contributed by atoms with E-state index >= 15 is 0 Å². The monoisotopic (exact) mass is 440 g/mol. The van der Waals surface area contributed by atoms with Crippen LogP contribution >= 0.6 is 0 Å². The zero-order valence-electron chi connectivity index (χ0n) is 18.2. The SMILES string of the molecule is CCCC(CC(=O)N(C)OCC(=O)O)NC(=O)OCC1c2ccccc2-c2ccccc21. The molecule has 32 heavy (non-hydrogen) atoms. The number of hydroxylamine groups is 2. The molecule has 0 saturated carbocycles. The summed E-state index contributed by atoms with van der Waals surface area (Å²) in [6.45, 7) is 1.52. The maximum absolute atomic E-state index is 12.5. The van der Waals surface area contributed by atoms with Gasteiger partial charge in [-0.1, -0.05) is 61.9 Å². The maximum Gasteiger partial charge on any atom is 0.407 e. The Balaban J connectivity index is 1.58. The highest BCUT2D eigenvalue weighted by molar-refractivity contribution is 5.79. The van der Waals surface area contributed by atoms with Gasteiger partial charge in [0, 0.05) is 25.4 Å². The number of alkyl carbamates (subject to hydrolysis) is 1. The van der Waals surface area contributed by atoms with Crippen molar-refractivity contribution in [2.75, 3.05) is 20.3 Å². The summed E-state index contributed by atoms with van der Waals surface area (Å²) in [5.41, 5.74) is 4.55. The maximum atomic E-state index is 12.5. The van der Waals surface area contributed by atoms with Gasteiger partial charge in [0.15, 0.2) is 6.61 Å². The number of aliphatic carboxylic acids is 1. The third-order valence-corrected chi connectivity index (χ3v) is 5.46. The van der Waals surface area contributed by atoms with Gasteiger partial charge in [0.25, 0.3) is 0 Å². The van der Waals surface area contributed by atoms with Crippen molar-refractivity contribution in [1.29, 1.82) is 0 Å². The van der Waals surface area contributed by atoms with Gasteiger partial charge in [-0.05, 0) is 28.7 Å². The van der Waals surface area contributed by atoms with Crippen molar-refractivity contribution < 1.29 is 29.1 Å². The molecule has 1 atom stereocenters. The first kappa shape index (κ1) is 23.3. The molecular formula is C24H28N2O6. The van der Waals surface area contributed by atoms with Crippen LogP contribution in [0.3, 0.4) is 0 Å². The van der Waals surface area contributed by atoms with Crippen molar-refractivity contribution in [2.24, 2.45) is 0 Å². The van der Waals surface area contributed by atoms with Gasteiger partial charge < -0.3 is 15.2 Å². The van der Waals surface area contributed by atoms with Gasteiger partial charge in [-0.3, -0.25) is 9.63 Å². The van der Waals surface area contributed by atoms with E-state index in [1.807, 2.05) is 43.3 Å². The molecule has 0 fully saturated rings. The lowest BCUT2D eigenvalue weighted by atomic mass is 9.98. The minimum absolute atomic E-state index is 0.0197. The third kappa shape index (κ3) is 5.64. The molecule has 2 aromatic rings. The molecule has 8 heteroatoms. The van der Waals surface area contributed by atoms with Crippen molar-refractivity contribution in [2.45, 2.75) is 38.1 Å². The summed E-state index contributed by atoms with van der Waals surface area (Å²) < 4.78 is 5.55. The lowest BCUT2D eigenvalue weighted by molar-refractivity contribution is -0.186. The number of carboxylic acid groups (broad SMARTS) is 1. The first-order valence-corrected chi connectivity index (χ1v) is 10.6. The Kier molecular flexibility index (Phi) is 7.83. The summed E-state index contributed by atoms with van der Waals surface area (Å²) in [5, 5.41) is 12.3. The number of benzene rings is 2. The van der Waals surface area contributed by atoms with Crippen LogP contribution in [0.1, 0.15) is 43.2 Å². The smallest absolute Gasteiger partial charge is 0.407 e. The van der Waals surface area contributed by atoms with E-state index in [-0.39, 0.29) is 18.9 Å². The van der Waals surface area contributed by atoms with Crippen molar-refractivity contribution in [1.82, 2.24) is 10.4 Å². The summed E-state index contributed by atoms with van der Waals surface area (Å²) in [6.07, 6.45) is 0.713. The second kappa shape index (κ2) is 10.8. The highest BCUT2D eigenvalue weighted by Gasteiger charge is 2.29. The highest BCUT2D eigenvalue weighted by Crippen LogP contribution is 2.44. The van der Waals surface area contributed by atoms with E-state index in [4.69, 9.17) is 14.7 Å². The van der Waals surface area contributed by atoms with Crippen LogP contribution in [-0.4, -0.2) is 54.4 Å². The lowest BCUT2D eigenvalue weighted by Crippen LogP contribution is -2.40. The lowest BCUT2D eigenvalue weighted by Gasteiger charge is -2.22. The zero-order valence-corrected chi connectivity index (χ0v) is 18.2. The predicted octanol–water partition coefficient (Wildman–Crippen LogP) is 3.56. The molecule has 0 aromatic heterocycles. The fourth-order valence-electron chi connectivity index (χ4n) is 3.94. The number of nitrogens with zero attached hydrogens (tertiary/aromatic N) is 1. The van der Waals surface area contributed by atoms with Crippen LogP contribution in [0.5, 0.6) is 0 Å². The average Bonchev–Trinajstić information content (AvgIpc) is 3.10. The molecule has 0 spiro atoms. The minimum Gasteiger partial charge on any atom is -0.479 e. The number of hydrogen-bond donors (Lipinski definition) is 2. The molecule has 0 heterocycles. The summed E-state index contributed by atoms with van der Waals surface area (Å²) in [7, 11) is 1.35. The zero-order chi connectivity index (χ0) is 23.1. The van der Waals surface area contributed by atoms with Crippen molar-refractivity contribution in [3.63, 3.8) is 0 Å². The Labute approximate surface area is 187 Å². The van der Waals surface area contributed by atoms with Gasteiger partial charge in [-0.2, -0.15) is 0 Å². The molecule has 1 unspecified atom stereocenters. The molecule has 2 N–H and O–H groups in total. The van der Waals surface area contributed by atoms with Crippen LogP contribution in [0.25, 0.3) is 11.1 Å². The van der Waals surface area contributed by atoms with Crippen molar-refractivity contribution >= 4 is 18.0 Å². The number of rotatable bonds is 10. The summed E-state index contributed by atoms with van der Waals surface area (Å²) >= 11 is 0. The number of carboxylic acids is 1. The van der Waals surface area contributed by atoms with Crippen LogP contribution in [0, 0.1) is 0 Å². The van der Waals surface area contributed by atoms with Gasteiger partial charge in [0.1, 0.15) is 6.61 Å². The van der Waals surface area contributed by atoms with Gasteiger partial charge in [-0.25, -0.2) is 14.7 Å². The van der Waals surface area contributed by atoms with E-state index < -0.39 is 30.6 Å². The fraction of sp³-hybridized carbons (Fsp3) is 0.375. The predicted molar refractivity (Wildman–Crippen MR) is 118 cm³/mol. The largest absolute Gasteiger partial charge is 0.479 e. The van der Waals surface area contributed by atoms with E-state index in [2.05, 4.69) is 17.4 Å². The molecule has 0 aliphatic heterocycles. The van der Waals surface area contributed by atoms with Gasteiger partial charge in [-0.15, -0.1) is 0 Å². The van der Waals surface area contributed by atoms with E-state index in [9.17, 15) is 14.4 Å². The fourth-order valence-corrected chi connectivity index (χ4v) is 3.94. The number of carbonyl (C=O) groups is 3. The molecule has 1 aliphatic rings. The van der Waals surface area contributed by atoms with E-state index in [0.717, 1.165) is 33.7 Å². The first-order chi connectivity index (χ1) is 15.4. The molecule has 2 amide bonds. The number of nitrogens with one attached hydrogen (secondary N) is 1. The van der Waals surface area contributed by atoms with E-state index in [0.29, 0.717) is 6.42 Å². The molecule has 8 nitrogen and oxygen atoms in total. The summed E-state index contributed by atoms with van der Waals surface area (Å²) in [4.78, 5) is 40.3. The molecule has 0 bridgehead atoms. The summed E-state index contributed by atoms with van der Waals surface area (Å²) in [5.74, 6) is -1.65. The van der Waals surface area contributed by atoms with Crippen LogP contribution in [-0.2, 0) is 19.2 Å².